The number of nitrogen functional groups attached to an aromatic ring is 1. The van der Waals surface area contributed by atoms with Crippen LogP contribution in [0.4, 0.5) is 5.13 Å². The minimum absolute atomic E-state index is 0.600. The third-order valence-corrected chi connectivity index (χ3v) is 2.49. The molecule has 1 aromatic rings. The lowest BCUT2D eigenvalue weighted by Crippen LogP contribution is -2.08. The first-order valence-electron chi connectivity index (χ1n) is 4.60. The van der Waals surface area contributed by atoms with Crippen molar-refractivity contribution in [2.75, 3.05) is 19.8 Å². The fourth-order valence-electron chi connectivity index (χ4n) is 1.12. The molecule has 0 amide bonds. The Kier molecular flexibility index (Phi) is 3.88. The van der Waals surface area contributed by atoms with Crippen LogP contribution in [0.3, 0.4) is 0 Å². The molecule has 4 nitrogen and oxygen atoms in total. The average Bonchev–Trinajstić information content (AvgIpc) is 2.50. The van der Waals surface area contributed by atoms with Crippen molar-refractivity contribution < 1.29 is 0 Å². The lowest BCUT2D eigenvalue weighted by atomic mass is 10.2. The summed E-state index contributed by atoms with van der Waals surface area (Å²) in [6.07, 6.45) is 3.82. The van der Waals surface area contributed by atoms with Gasteiger partial charge in [-0.2, -0.15) is 5.10 Å². The summed E-state index contributed by atoms with van der Waals surface area (Å²) in [5.74, 6) is 0. The van der Waals surface area contributed by atoms with Crippen LogP contribution in [-0.4, -0.2) is 29.8 Å². The average molecular weight is 212 g/mol. The third-order valence-electron chi connectivity index (χ3n) is 1.62. The number of nitrogens with zero attached hydrogens (tertiary/aromatic N) is 3. The molecule has 5 heteroatoms. The molecule has 1 aromatic heterocycles. The number of thiazole rings is 1. The number of rotatable bonds is 4. The molecule has 1 rings (SSSR count). The second kappa shape index (κ2) is 4.95. The molecule has 0 saturated carbocycles. The van der Waals surface area contributed by atoms with Gasteiger partial charge in [0, 0.05) is 20.3 Å². The third kappa shape index (κ3) is 2.99. The molecule has 0 atom stereocenters. The molecule has 1 heterocycles. The Bertz CT molecular complexity index is 316. The Labute approximate surface area is 88.4 Å². The van der Waals surface area contributed by atoms with E-state index in [0.717, 1.165) is 23.4 Å². The van der Waals surface area contributed by atoms with Gasteiger partial charge in [-0.25, -0.2) is 4.98 Å². The smallest absolute Gasteiger partial charge is 0.180 e. The molecule has 0 aliphatic carbocycles. The molecule has 0 unspecified atom stereocenters. The van der Waals surface area contributed by atoms with E-state index < -0.39 is 0 Å². The summed E-state index contributed by atoms with van der Waals surface area (Å²) >= 11 is 1.49. The first kappa shape index (κ1) is 11.0. The van der Waals surface area contributed by atoms with Gasteiger partial charge in [-0.3, -0.25) is 0 Å². The van der Waals surface area contributed by atoms with Gasteiger partial charge in [-0.15, -0.1) is 0 Å². The fraction of sp³-hybridized carbons (Fsp3) is 0.556. The molecule has 78 valence electrons. The number of nitrogens with two attached hydrogens (primary N) is 1. The molecular formula is C9H16N4S. The molecule has 2 N–H and O–H groups in total. The van der Waals surface area contributed by atoms with Crippen LogP contribution in [0.25, 0.3) is 0 Å². The summed E-state index contributed by atoms with van der Waals surface area (Å²) in [6, 6.07) is 0. The van der Waals surface area contributed by atoms with Gasteiger partial charge in [-0.05, 0) is 6.42 Å². The molecule has 0 radical (unpaired) electrons. The molecule has 14 heavy (non-hydrogen) atoms. The van der Waals surface area contributed by atoms with Gasteiger partial charge in [-0.1, -0.05) is 24.7 Å². The number of hydrazone groups is 1. The molecule has 0 aliphatic rings. The largest absolute Gasteiger partial charge is 0.375 e. The van der Waals surface area contributed by atoms with Crippen molar-refractivity contribution in [3.8, 4) is 0 Å². The predicted molar refractivity (Wildman–Crippen MR) is 61.7 cm³/mol. The highest BCUT2D eigenvalue weighted by Gasteiger charge is 2.07. The Balaban J connectivity index is 2.88. The first-order valence-corrected chi connectivity index (χ1v) is 5.41. The maximum Gasteiger partial charge on any atom is 0.180 e. The number of anilines is 1. The fourth-order valence-corrected chi connectivity index (χ4v) is 1.82. The monoisotopic (exact) mass is 212 g/mol. The summed E-state index contributed by atoms with van der Waals surface area (Å²) in [5.41, 5.74) is 6.64. The Morgan fingerprint density at radius 2 is 2.36 bits per heavy atom. The minimum Gasteiger partial charge on any atom is -0.375 e. The van der Waals surface area contributed by atoms with Crippen LogP contribution in [0, 0.1) is 0 Å². The van der Waals surface area contributed by atoms with Crippen LogP contribution < -0.4 is 5.73 Å². The lowest BCUT2D eigenvalue weighted by molar-refractivity contribution is 0.436. The highest BCUT2D eigenvalue weighted by atomic mass is 32.1. The van der Waals surface area contributed by atoms with E-state index in [4.69, 9.17) is 5.73 Å². The first-order chi connectivity index (χ1) is 6.63. The van der Waals surface area contributed by atoms with E-state index >= 15 is 0 Å². The van der Waals surface area contributed by atoms with E-state index in [1.54, 1.807) is 11.2 Å². The SMILES string of the molecule is CCC/C(=N\N(C)C)c1cnc(N)s1. The molecule has 0 aromatic carbocycles. The second-order valence-electron chi connectivity index (χ2n) is 3.21. The van der Waals surface area contributed by atoms with Crippen LogP contribution in [0.5, 0.6) is 0 Å². The molecule has 0 saturated heterocycles. The van der Waals surface area contributed by atoms with Gasteiger partial charge < -0.3 is 10.7 Å². The molecule has 0 aliphatic heterocycles. The normalized spacial score (nSPS) is 11.8. The molecular weight excluding hydrogens is 196 g/mol. The van der Waals surface area contributed by atoms with Crippen LogP contribution >= 0.6 is 11.3 Å². The summed E-state index contributed by atoms with van der Waals surface area (Å²) in [6.45, 7) is 2.13. The number of aromatic nitrogens is 1. The van der Waals surface area contributed by atoms with E-state index in [1.165, 1.54) is 11.3 Å². The van der Waals surface area contributed by atoms with Gasteiger partial charge in [0.25, 0.3) is 0 Å². The zero-order valence-corrected chi connectivity index (χ0v) is 9.64. The lowest BCUT2D eigenvalue weighted by Gasteiger charge is -2.08. The van der Waals surface area contributed by atoms with E-state index in [1.807, 2.05) is 14.1 Å². The predicted octanol–water partition coefficient (Wildman–Crippen LogP) is 1.79. The van der Waals surface area contributed by atoms with Gasteiger partial charge in [0.05, 0.1) is 10.6 Å². The van der Waals surface area contributed by atoms with Crippen molar-refractivity contribution in [2.45, 2.75) is 19.8 Å². The zero-order chi connectivity index (χ0) is 10.6. The van der Waals surface area contributed by atoms with Gasteiger partial charge in [0.15, 0.2) is 5.13 Å². The van der Waals surface area contributed by atoms with Crippen LogP contribution in [0.1, 0.15) is 24.6 Å². The van der Waals surface area contributed by atoms with E-state index in [0.29, 0.717) is 5.13 Å². The molecule has 0 spiro atoms. The Hall–Kier alpha value is -1.10. The quantitative estimate of drug-likeness (QED) is 0.611. The zero-order valence-electron chi connectivity index (χ0n) is 8.82. The van der Waals surface area contributed by atoms with Crippen LogP contribution in [0.2, 0.25) is 0 Å². The second-order valence-corrected chi connectivity index (χ2v) is 4.27. The van der Waals surface area contributed by atoms with E-state index in [-0.39, 0.29) is 0 Å². The topological polar surface area (TPSA) is 54.5 Å². The van der Waals surface area contributed by atoms with Crippen molar-refractivity contribution in [2.24, 2.45) is 5.10 Å². The van der Waals surface area contributed by atoms with Crippen molar-refractivity contribution >= 4 is 22.2 Å². The van der Waals surface area contributed by atoms with Crippen molar-refractivity contribution in [1.82, 2.24) is 9.99 Å². The standard InChI is InChI=1S/C9H16N4S/c1-4-5-7(12-13(2)3)8-6-11-9(10)14-8/h6H,4-5H2,1-3H3,(H2,10,11)/b12-7+. The maximum atomic E-state index is 5.58. The summed E-state index contributed by atoms with van der Waals surface area (Å²) < 4.78 is 0. The van der Waals surface area contributed by atoms with Crippen LogP contribution in [-0.2, 0) is 0 Å². The van der Waals surface area contributed by atoms with Crippen LogP contribution in [0.15, 0.2) is 11.3 Å². The van der Waals surface area contributed by atoms with Gasteiger partial charge in [0.2, 0.25) is 0 Å². The van der Waals surface area contributed by atoms with Gasteiger partial charge in [0.1, 0.15) is 0 Å². The highest BCUT2D eigenvalue weighted by Crippen LogP contribution is 2.17. The Morgan fingerprint density at radius 1 is 1.64 bits per heavy atom. The van der Waals surface area contributed by atoms with E-state index in [9.17, 15) is 0 Å². The molecule has 0 fully saturated rings. The van der Waals surface area contributed by atoms with Crippen molar-refractivity contribution in [3.05, 3.63) is 11.1 Å². The molecule has 0 bridgehead atoms. The summed E-state index contributed by atoms with van der Waals surface area (Å²) in [7, 11) is 3.83. The summed E-state index contributed by atoms with van der Waals surface area (Å²) in [4.78, 5) is 5.09. The van der Waals surface area contributed by atoms with Crippen molar-refractivity contribution in [3.63, 3.8) is 0 Å². The maximum absolute atomic E-state index is 5.58. The minimum atomic E-state index is 0.600. The van der Waals surface area contributed by atoms with Crippen molar-refractivity contribution in [1.29, 1.82) is 0 Å². The van der Waals surface area contributed by atoms with E-state index in [2.05, 4.69) is 17.0 Å². The number of hydrogen-bond donors (Lipinski definition) is 1. The Morgan fingerprint density at radius 3 is 2.79 bits per heavy atom. The van der Waals surface area contributed by atoms with Gasteiger partial charge >= 0.3 is 0 Å². The summed E-state index contributed by atoms with van der Waals surface area (Å²) in [5, 5.41) is 6.82. The highest BCUT2D eigenvalue weighted by molar-refractivity contribution is 7.17. The number of hydrogen-bond acceptors (Lipinski definition) is 5.